The number of ether oxygens (including phenoxy) is 1. The van der Waals surface area contributed by atoms with Crippen LogP contribution in [0.5, 0.6) is 0 Å². The minimum Gasteiger partial charge on any atom is -0.377 e. The van der Waals surface area contributed by atoms with Crippen LogP contribution in [0.2, 0.25) is 0 Å². The summed E-state index contributed by atoms with van der Waals surface area (Å²) in [5.74, 6) is 0.584. The molecule has 8 nitrogen and oxygen atoms in total. The number of fused-ring (bicyclic) bond motifs is 1. The number of aromatic nitrogens is 4. The Labute approximate surface area is 128 Å². The molecule has 0 atom stereocenters. The second-order valence-electron chi connectivity index (χ2n) is 6.10. The predicted octanol–water partition coefficient (Wildman–Crippen LogP) is -0.200. The third kappa shape index (κ3) is 2.71. The molecule has 2 heterocycles. The molecule has 0 amide bonds. The monoisotopic (exact) mass is 309 g/mol. The molecule has 2 aromatic rings. The molecule has 8 heteroatoms. The summed E-state index contributed by atoms with van der Waals surface area (Å²) >= 11 is 0. The van der Waals surface area contributed by atoms with E-state index in [-0.39, 0.29) is 17.9 Å². The highest BCUT2D eigenvalue weighted by molar-refractivity contribution is 5.71. The lowest BCUT2D eigenvalue weighted by atomic mass is 10.1. The molecule has 0 radical (unpaired) electrons. The number of hydrogen-bond donors (Lipinski definition) is 1. The van der Waals surface area contributed by atoms with E-state index in [1.54, 1.807) is 11.7 Å². The maximum absolute atomic E-state index is 12.5. The molecule has 0 aliphatic carbocycles. The summed E-state index contributed by atoms with van der Waals surface area (Å²) in [5, 5.41) is 0. The molecule has 122 valence electrons. The number of nitrogens with two attached hydrogens (primary N) is 1. The Bertz CT molecular complexity index is 807. The molecule has 0 aliphatic heterocycles. The van der Waals surface area contributed by atoms with Gasteiger partial charge in [0, 0.05) is 32.8 Å². The van der Waals surface area contributed by atoms with Crippen LogP contribution in [0.3, 0.4) is 0 Å². The van der Waals surface area contributed by atoms with Crippen LogP contribution in [-0.2, 0) is 31.5 Å². The lowest BCUT2D eigenvalue weighted by Gasteiger charge is -2.21. The lowest BCUT2D eigenvalue weighted by molar-refractivity contribution is 0.173. The molecular formula is C14H23N5O3. The SMILES string of the molecule is CCn1c(=O)n(C)c(=O)c2c1nc(COC)n2CC(C)(C)N. The normalized spacial score (nSPS) is 12.3. The van der Waals surface area contributed by atoms with E-state index in [4.69, 9.17) is 10.5 Å². The highest BCUT2D eigenvalue weighted by Gasteiger charge is 2.23. The van der Waals surface area contributed by atoms with E-state index in [1.165, 1.54) is 11.6 Å². The number of hydrogen-bond acceptors (Lipinski definition) is 5. The fourth-order valence-electron chi connectivity index (χ4n) is 2.50. The van der Waals surface area contributed by atoms with E-state index in [9.17, 15) is 9.59 Å². The molecule has 0 aromatic carbocycles. The van der Waals surface area contributed by atoms with Crippen LogP contribution in [0.15, 0.2) is 9.59 Å². The third-order valence-electron chi connectivity index (χ3n) is 3.46. The fraction of sp³-hybridized carbons (Fsp3) is 0.643. The third-order valence-corrected chi connectivity index (χ3v) is 3.46. The van der Waals surface area contributed by atoms with Crippen LogP contribution < -0.4 is 17.0 Å². The van der Waals surface area contributed by atoms with E-state index in [0.29, 0.717) is 30.1 Å². The Hall–Kier alpha value is -1.93. The van der Waals surface area contributed by atoms with Gasteiger partial charge in [0.05, 0.1) is 0 Å². The Morgan fingerprint density at radius 1 is 1.27 bits per heavy atom. The van der Waals surface area contributed by atoms with Crippen molar-refractivity contribution in [3.05, 3.63) is 26.7 Å². The smallest absolute Gasteiger partial charge is 0.332 e. The fourth-order valence-corrected chi connectivity index (χ4v) is 2.50. The van der Waals surface area contributed by atoms with E-state index < -0.39 is 5.54 Å². The molecule has 2 aromatic heterocycles. The van der Waals surface area contributed by atoms with E-state index >= 15 is 0 Å². The molecule has 0 aliphatic rings. The number of imidazole rings is 1. The number of nitrogens with zero attached hydrogens (tertiary/aromatic N) is 4. The zero-order valence-electron chi connectivity index (χ0n) is 13.7. The first-order valence-electron chi connectivity index (χ1n) is 7.18. The van der Waals surface area contributed by atoms with Crippen LogP contribution in [0, 0.1) is 0 Å². The summed E-state index contributed by atoms with van der Waals surface area (Å²) in [6.07, 6.45) is 0. The minimum absolute atomic E-state index is 0.242. The summed E-state index contributed by atoms with van der Waals surface area (Å²) in [7, 11) is 3.03. The molecule has 22 heavy (non-hydrogen) atoms. The van der Waals surface area contributed by atoms with Gasteiger partial charge in [-0.2, -0.15) is 0 Å². The lowest BCUT2D eigenvalue weighted by Crippen LogP contribution is -2.41. The summed E-state index contributed by atoms with van der Waals surface area (Å²) < 4.78 is 9.51. The van der Waals surface area contributed by atoms with Gasteiger partial charge in [0.1, 0.15) is 12.4 Å². The van der Waals surface area contributed by atoms with Gasteiger partial charge in [0.25, 0.3) is 5.56 Å². The highest BCUT2D eigenvalue weighted by Crippen LogP contribution is 2.15. The maximum Gasteiger partial charge on any atom is 0.332 e. The average molecular weight is 309 g/mol. The van der Waals surface area contributed by atoms with E-state index in [2.05, 4.69) is 4.98 Å². The van der Waals surface area contributed by atoms with Crippen LogP contribution >= 0.6 is 0 Å². The van der Waals surface area contributed by atoms with Crippen LogP contribution in [0.25, 0.3) is 11.2 Å². The zero-order valence-corrected chi connectivity index (χ0v) is 13.7. The standard InChI is InChI=1S/C14H23N5O3/c1-6-18-11-10(12(20)17(4)13(18)21)19(8-14(2,3)15)9(16-11)7-22-5/h6-8,15H2,1-5H3. The maximum atomic E-state index is 12.5. The van der Waals surface area contributed by atoms with Gasteiger partial charge in [-0.1, -0.05) is 0 Å². The molecule has 2 N–H and O–H groups in total. The van der Waals surface area contributed by atoms with E-state index in [0.717, 1.165) is 4.57 Å². The first-order valence-corrected chi connectivity index (χ1v) is 7.18. The van der Waals surface area contributed by atoms with Crippen molar-refractivity contribution in [2.45, 2.75) is 46.0 Å². The van der Waals surface area contributed by atoms with Crippen molar-refractivity contribution in [2.24, 2.45) is 12.8 Å². The van der Waals surface area contributed by atoms with Crippen molar-refractivity contribution >= 4 is 11.2 Å². The Morgan fingerprint density at radius 2 is 1.91 bits per heavy atom. The summed E-state index contributed by atoms with van der Waals surface area (Å²) in [5.41, 5.74) is 5.59. The van der Waals surface area contributed by atoms with E-state index in [1.807, 2.05) is 20.8 Å². The Morgan fingerprint density at radius 3 is 2.41 bits per heavy atom. The first-order chi connectivity index (χ1) is 10.2. The van der Waals surface area contributed by atoms with Crippen molar-refractivity contribution in [3.8, 4) is 0 Å². The van der Waals surface area contributed by atoms with Gasteiger partial charge in [0.2, 0.25) is 0 Å². The van der Waals surface area contributed by atoms with Gasteiger partial charge in [-0.15, -0.1) is 0 Å². The van der Waals surface area contributed by atoms with Crippen molar-refractivity contribution in [3.63, 3.8) is 0 Å². The second-order valence-corrected chi connectivity index (χ2v) is 6.10. The first kappa shape index (κ1) is 16.4. The molecule has 0 unspecified atom stereocenters. The van der Waals surface area contributed by atoms with Crippen molar-refractivity contribution in [2.75, 3.05) is 7.11 Å². The summed E-state index contributed by atoms with van der Waals surface area (Å²) in [6, 6.07) is 0. The summed E-state index contributed by atoms with van der Waals surface area (Å²) in [6.45, 7) is 6.66. The van der Waals surface area contributed by atoms with Crippen LogP contribution in [-0.4, -0.2) is 31.3 Å². The Balaban J connectivity index is 2.92. The molecule has 0 saturated carbocycles. The molecule has 0 saturated heterocycles. The number of rotatable bonds is 5. The molecule has 0 bridgehead atoms. The molecule has 0 spiro atoms. The van der Waals surface area contributed by atoms with Gasteiger partial charge >= 0.3 is 5.69 Å². The minimum atomic E-state index is -0.533. The number of methoxy groups -OCH3 is 1. The Kier molecular flexibility index (Phi) is 4.25. The predicted molar refractivity (Wildman–Crippen MR) is 83.9 cm³/mol. The van der Waals surface area contributed by atoms with Gasteiger partial charge in [-0.3, -0.25) is 13.9 Å². The molecular weight excluding hydrogens is 286 g/mol. The van der Waals surface area contributed by atoms with Crippen LogP contribution in [0.1, 0.15) is 26.6 Å². The quantitative estimate of drug-likeness (QED) is 0.825. The van der Waals surface area contributed by atoms with Crippen molar-refractivity contribution < 1.29 is 4.74 Å². The molecule has 0 fully saturated rings. The topological polar surface area (TPSA) is 97.1 Å². The van der Waals surface area contributed by atoms with Gasteiger partial charge < -0.3 is 15.0 Å². The van der Waals surface area contributed by atoms with Crippen molar-refractivity contribution in [1.29, 1.82) is 0 Å². The van der Waals surface area contributed by atoms with Gasteiger partial charge in [-0.25, -0.2) is 9.78 Å². The second kappa shape index (κ2) is 5.69. The average Bonchev–Trinajstić information content (AvgIpc) is 2.74. The summed E-state index contributed by atoms with van der Waals surface area (Å²) in [4.78, 5) is 29.2. The van der Waals surface area contributed by atoms with Gasteiger partial charge in [-0.05, 0) is 20.8 Å². The largest absolute Gasteiger partial charge is 0.377 e. The van der Waals surface area contributed by atoms with Crippen LogP contribution in [0.4, 0.5) is 0 Å². The van der Waals surface area contributed by atoms with Gasteiger partial charge in [0.15, 0.2) is 11.2 Å². The molecule has 2 rings (SSSR count). The number of aryl methyl sites for hydroxylation is 1. The van der Waals surface area contributed by atoms with Crippen molar-refractivity contribution in [1.82, 2.24) is 18.7 Å². The highest BCUT2D eigenvalue weighted by atomic mass is 16.5. The zero-order chi connectivity index (χ0) is 16.7.